The molecule has 0 unspecified atom stereocenters. The maximum Gasteiger partial charge on any atom is 0.239 e. The molecule has 23 heavy (non-hydrogen) atoms. The minimum Gasteiger partial charge on any atom is -0.368 e. The van der Waals surface area contributed by atoms with Crippen LogP contribution in [0.25, 0.3) is 0 Å². The molecule has 3 rings (SSSR count). The van der Waals surface area contributed by atoms with Gasteiger partial charge in [0.1, 0.15) is 11.9 Å². The molecule has 2 atom stereocenters. The van der Waals surface area contributed by atoms with E-state index in [0.29, 0.717) is 0 Å². The van der Waals surface area contributed by atoms with Gasteiger partial charge in [-0.1, -0.05) is 12.1 Å². The number of carbonyl (C=O) groups is 1. The number of primary amides is 1. The van der Waals surface area contributed by atoms with Crippen LogP contribution in [0.2, 0.25) is 0 Å². The number of piperidine rings is 1. The second-order valence-corrected chi connectivity index (χ2v) is 6.17. The van der Waals surface area contributed by atoms with Gasteiger partial charge in [-0.25, -0.2) is 4.39 Å². The molecule has 1 saturated heterocycles. The van der Waals surface area contributed by atoms with Gasteiger partial charge in [-0.15, -0.1) is 0 Å². The second kappa shape index (κ2) is 6.50. The van der Waals surface area contributed by atoms with Gasteiger partial charge < -0.3 is 5.73 Å². The predicted molar refractivity (Wildman–Crippen MR) is 85.2 cm³/mol. The summed E-state index contributed by atoms with van der Waals surface area (Å²) in [6.07, 6.45) is 2.01. The Hall–Kier alpha value is -2.21. The molecule has 1 amide bonds. The number of hydrogen-bond donors (Lipinski definition) is 2. The van der Waals surface area contributed by atoms with Crippen LogP contribution in [-0.2, 0) is 4.79 Å². The SMILES string of the molecule is Cc1cc([C@H]2CCCN([C@H](C(N)=O)c3ccc(F)cc3)C2)n[nH]1. The number of hydrogen-bond acceptors (Lipinski definition) is 3. The van der Waals surface area contributed by atoms with Crippen LogP contribution in [0, 0.1) is 12.7 Å². The zero-order valence-corrected chi connectivity index (χ0v) is 13.1. The van der Waals surface area contributed by atoms with Gasteiger partial charge in [-0.3, -0.25) is 14.8 Å². The number of carbonyl (C=O) groups excluding carboxylic acids is 1. The first kappa shape index (κ1) is 15.7. The molecule has 1 aromatic carbocycles. The number of halogens is 1. The first-order valence-corrected chi connectivity index (χ1v) is 7.85. The molecule has 0 aliphatic carbocycles. The number of aryl methyl sites for hydroxylation is 1. The van der Waals surface area contributed by atoms with Crippen LogP contribution in [-0.4, -0.2) is 34.1 Å². The average Bonchev–Trinajstić information content (AvgIpc) is 2.96. The van der Waals surface area contributed by atoms with Gasteiger partial charge in [0.15, 0.2) is 0 Å². The van der Waals surface area contributed by atoms with E-state index >= 15 is 0 Å². The van der Waals surface area contributed by atoms with Gasteiger partial charge in [0.25, 0.3) is 0 Å². The number of nitrogens with one attached hydrogen (secondary N) is 1. The highest BCUT2D eigenvalue weighted by Gasteiger charge is 2.31. The number of nitrogens with two attached hydrogens (primary N) is 1. The number of rotatable bonds is 4. The van der Waals surface area contributed by atoms with Crippen molar-refractivity contribution in [1.29, 1.82) is 0 Å². The third-order valence-electron chi connectivity index (χ3n) is 4.42. The van der Waals surface area contributed by atoms with E-state index < -0.39 is 11.9 Å². The van der Waals surface area contributed by atoms with E-state index in [1.165, 1.54) is 12.1 Å². The maximum absolute atomic E-state index is 13.1. The van der Waals surface area contributed by atoms with Crippen molar-refractivity contribution in [3.05, 3.63) is 53.1 Å². The molecular weight excluding hydrogens is 295 g/mol. The Balaban J connectivity index is 1.82. The third-order valence-corrected chi connectivity index (χ3v) is 4.42. The van der Waals surface area contributed by atoms with Gasteiger partial charge in [0, 0.05) is 18.2 Å². The lowest BCUT2D eigenvalue weighted by atomic mass is 9.92. The fourth-order valence-corrected chi connectivity index (χ4v) is 3.33. The first-order valence-electron chi connectivity index (χ1n) is 7.85. The summed E-state index contributed by atoms with van der Waals surface area (Å²) in [5.74, 6) is -0.452. The number of likely N-dealkylation sites (tertiary alicyclic amines) is 1. The van der Waals surface area contributed by atoms with Crippen LogP contribution in [0.15, 0.2) is 30.3 Å². The van der Waals surface area contributed by atoms with Crippen LogP contribution in [0.5, 0.6) is 0 Å². The normalized spacial score (nSPS) is 20.3. The Kier molecular flexibility index (Phi) is 4.43. The summed E-state index contributed by atoms with van der Waals surface area (Å²) in [6.45, 7) is 3.49. The van der Waals surface area contributed by atoms with Crippen LogP contribution >= 0.6 is 0 Å². The van der Waals surface area contributed by atoms with Crippen LogP contribution in [0.3, 0.4) is 0 Å². The summed E-state index contributed by atoms with van der Waals surface area (Å²) < 4.78 is 13.1. The van der Waals surface area contributed by atoms with Crippen molar-refractivity contribution < 1.29 is 9.18 Å². The van der Waals surface area contributed by atoms with E-state index in [9.17, 15) is 9.18 Å². The summed E-state index contributed by atoms with van der Waals surface area (Å²) in [5, 5.41) is 7.31. The Labute approximate surface area is 134 Å². The minimum absolute atomic E-state index is 0.274. The summed E-state index contributed by atoms with van der Waals surface area (Å²) >= 11 is 0. The lowest BCUT2D eigenvalue weighted by Crippen LogP contribution is -2.43. The highest BCUT2D eigenvalue weighted by atomic mass is 19.1. The van der Waals surface area contributed by atoms with E-state index in [4.69, 9.17) is 5.73 Å². The van der Waals surface area contributed by atoms with Gasteiger partial charge in [-0.2, -0.15) is 5.10 Å². The molecule has 0 bridgehead atoms. The third kappa shape index (κ3) is 3.42. The fourth-order valence-electron chi connectivity index (χ4n) is 3.33. The van der Waals surface area contributed by atoms with Crippen molar-refractivity contribution in [2.45, 2.75) is 31.7 Å². The summed E-state index contributed by atoms with van der Waals surface area (Å²) in [7, 11) is 0. The molecule has 122 valence electrons. The Morgan fingerprint density at radius 3 is 2.78 bits per heavy atom. The molecule has 3 N–H and O–H groups in total. The van der Waals surface area contributed by atoms with Gasteiger partial charge in [-0.05, 0) is 50.1 Å². The zero-order chi connectivity index (χ0) is 16.4. The summed E-state index contributed by atoms with van der Waals surface area (Å²) in [6, 6.07) is 7.51. The number of H-pyrrole nitrogens is 1. The molecule has 2 aromatic rings. The van der Waals surface area contributed by atoms with Crippen molar-refractivity contribution in [1.82, 2.24) is 15.1 Å². The van der Waals surface area contributed by atoms with E-state index in [1.54, 1.807) is 12.1 Å². The predicted octanol–water partition coefficient (Wildman–Crippen LogP) is 2.26. The molecular formula is C17H21FN4O. The lowest BCUT2D eigenvalue weighted by Gasteiger charge is -2.36. The van der Waals surface area contributed by atoms with Crippen molar-refractivity contribution in [2.24, 2.45) is 5.73 Å². The first-order chi connectivity index (χ1) is 11.0. The Bertz CT molecular complexity index is 682. The smallest absolute Gasteiger partial charge is 0.239 e. The monoisotopic (exact) mass is 316 g/mol. The molecule has 6 heteroatoms. The standard InChI is InChI=1S/C17H21FN4O/c1-11-9-15(21-20-11)13-3-2-8-22(10-13)16(17(19)23)12-4-6-14(18)7-5-12/h4-7,9,13,16H,2-3,8,10H2,1H3,(H2,19,23)(H,20,21)/t13-,16-/m0/s1. The molecule has 1 aliphatic heterocycles. The van der Waals surface area contributed by atoms with Crippen LogP contribution in [0.1, 0.15) is 41.8 Å². The molecule has 0 radical (unpaired) electrons. The number of benzene rings is 1. The molecule has 0 spiro atoms. The lowest BCUT2D eigenvalue weighted by molar-refractivity contribution is -0.124. The number of aromatic amines is 1. The van der Waals surface area contributed by atoms with Crippen LogP contribution < -0.4 is 5.73 Å². The van der Waals surface area contributed by atoms with E-state index in [0.717, 1.165) is 42.9 Å². The molecule has 1 aromatic heterocycles. The molecule has 0 saturated carbocycles. The number of nitrogens with zero attached hydrogens (tertiary/aromatic N) is 2. The molecule has 1 aliphatic rings. The van der Waals surface area contributed by atoms with Gasteiger partial charge >= 0.3 is 0 Å². The zero-order valence-electron chi connectivity index (χ0n) is 13.1. The number of aromatic nitrogens is 2. The summed E-state index contributed by atoms with van der Waals surface area (Å²) in [4.78, 5) is 14.1. The molecule has 1 fully saturated rings. The van der Waals surface area contributed by atoms with Gasteiger partial charge in [0.05, 0.1) is 5.69 Å². The van der Waals surface area contributed by atoms with E-state index in [1.807, 2.05) is 13.0 Å². The van der Waals surface area contributed by atoms with Crippen molar-refractivity contribution >= 4 is 5.91 Å². The van der Waals surface area contributed by atoms with Gasteiger partial charge in [0.2, 0.25) is 5.91 Å². The molecule has 2 heterocycles. The van der Waals surface area contributed by atoms with Crippen molar-refractivity contribution in [2.75, 3.05) is 13.1 Å². The highest BCUT2D eigenvalue weighted by Crippen LogP contribution is 2.31. The Morgan fingerprint density at radius 1 is 1.43 bits per heavy atom. The van der Waals surface area contributed by atoms with Crippen molar-refractivity contribution in [3.63, 3.8) is 0 Å². The topological polar surface area (TPSA) is 75.0 Å². The second-order valence-electron chi connectivity index (χ2n) is 6.17. The quantitative estimate of drug-likeness (QED) is 0.908. The minimum atomic E-state index is -0.529. The number of amides is 1. The highest BCUT2D eigenvalue weighted by molar-refractivity contribution is 5.81. The maximum atomic E-state index is 13.1. The molecule has 5 nitrogen and oxygen atoms in total. The largest absolute Gasteiger partial charge is 0.368 e. The van der Waals surface area contributed by atoms with E-state index in [-0.39, 0.29) is 11.7 Å². The van der Waals surface area contributed by atoms with E-state index in [2.05, 4.69) is 15.1 Å². The average molecular weight is 316 g/mol. The fraction of sp³-hybridized carbons (Fsp3) is 0.412. The summed E-state index contributed by atoms with van der Waals surface area (Å²) in [5.41, 5.74) is 8.42. The van der Waals surface area contributed by atoms with Crippen molar-refractivity contribution in [3.8, 4) is 0 Å². The Morgan fingerprint density at radius 2 is 2.17 bits per heavy atom. The van der Waals surface area contributed by atoms with Crippen LogP contribution in [0.4, 0.5) is 4.39 Å².